The van der Waals surface area contributed by atoms with Crippen LogP contribution in [0, 0.1) is 11.8 Å². The Morgan fingerprint density at radius 3 is 2.50 bits per heavy atom. The first-order valence-electron chi connectivity index (χ1n) is 9.13. The molecule has 3 N–H and O–H groups in total. The molecule has 5 nitrogen and oxygen atoms in total. The van der Waals surface area contributed by atoms with E-state index in [2.05, 4.69) is 10.5 Å². The number of nitrogens with one attached hydrogen (secondary N) is 1. The average molecular weight is 356 g/mol. The smallest absolute Gasteiger partial charge is 0.224 e. The van der Waals surface area contributed by atoms with Crippen LogP contribution >= 0.6 is 12.4 Å². The van der Waals surface area contributed by atoms with Gasteiger partial charge in [0.1, 0.15) is 5.76 Å². The highest BCUT2D eigenvalue weighted by Crippen LogP contribution is 2.39. The van der Waals surface area contributed by atoms with Crippen LogP contribution in [-0.4, -0.2) is 23.1 Å². The van der Waals surface area contributed by atoms with Crippen LogP contribution in [0.1, 0.15) is 63.0 Å². The highest BCUT2D eigenvalue weighted by atomic mass is 35.5. The molecule has 3 rings (SSSR count). The van der Waals surface area contributed by atoms with Gasteiger partial charge in [0.2, 0.25) is 5.91 Å². The van der Waals surface area contributed by atoms with E-state index in [1.54, 1.807) is 0 Å². The molecule has 24 heavy (non-hydrogen) atoms. The minimum atomic E-state index is 0. The number of carbonyl (C=O) groups is 1. The summed E-state index contributed by atoms with van der Waals surface area (Å²) in [7, 11) is 0. The number of fused-ring (bicyclic) bond motifs is 2. The standard InChI is InChI=1S/C18H29N3O2.ClH/c1-3-15-14(16(4-2)23-21-15)10-17(22)20-18-11-6-5-7-12(18)9-13(19)8-11;/h11-13,18H,3-10,19H2,1-2H3,(H,20,22);1H. The van der Waals surface area contributed by atoms with Gasteiger partial charge in [-0.2, -0.15) is 0 Å². The molecule has 2 saturated carbocycles. The van der Waals surface area contributed by atoms with Crippen molar-refractivity contribution in [2.75, 3.05) is 0 Å². The lowest BCUT2D eigenvalue weighted by molar-refractivity contribution is -0.122. The summed E-state index contributed by atoms with van der Waals surface area (Å²) in [6, 6.07) is 0.626. The first-order chi connectivity index (χ1) is 11.1. The molecule has 2 unspecified atom stereocenters. The topological polar surface area (TPSA) is 81.2 Å². The molecule has 136 valence electrons. The number of nitrogens with zero attached hydrogens (tertiary/aromatic N) is 1. The van der Waals surface area contributed by atoms with Crippen molar-refractivity contribution >= 4 is 18.3 Å². The molecule has 0 radical (unpaired) electrons. The van der Waals surface area contributed by atoms with Gasteiger partial charge in [0.05, 0.1) is 12.1 Å². The Bertz CT molecular complexity index is 525. The van der Waals surface area contributed by atoms with Crippen LogP contribution < -0.4 is 11.1 Å². The van der Waals surface area contributed by atoms with Gasteiger partial charge in [-0.3, -0.25) is 4.79 Å². The average Bonchev–Trinajstić information content (AvgIpc) is 2.90. The van der Waals surface area contributed by atoms with Crippen molar-refractivity contribution in [2.24, 2.45) is 17.6 Å². The molecule has 0 aliphatic heterocycles. The number of rotatable bonds is 5. The van der Waals surface area contributed by atoms with Crippen molar-refractivity contribution in [3.05, 3.63) is 17.0 Å². The number of hydrogen-bond acceptors (Lipinski definition) is 4. The van der Waals surface area contributed by atoms with E-state index in [9.17, 15) is 4.79 Å². The fourth-order valence-electron chi connectivity index (χ4n) is 4.56. The Balaban J connectivity index is 0.00000208. The summed E-state index contributed by atoms with van der Waals surface area (Å²) in [6.45, 7) is 4.08. The van der Waals surface area contributed by atoms with Crippen molar-refractivity contribution in [1.82, 2.24) is 10.5 Å². The van der Waals surface area contributed by atoms with Crippen LogP contribution in [-0.2, 0) is 24.1 Å². The maximum atomic E-state index is 12.6. The van der Waals surface area contributed by atoms with Crippen LogP contribution in [0.15, 0.2) is 4.52 Å². The van der Waals surface area contributed by atoms with Gasteiger partial charge in [-0.25, -0.2) is 0 Å². The van der Waals surface area contributed by atoms with E-state index >= 15 is 0 Å². The fourth-order valence-corrected chi connectivity index (χ4v) is 4.56. The molecule has 2 fully saturated rings. The molecular weight excluding hydrogens is 326 g/mol. The zero-order valence-corrected chi connectivity index (χ0v) is 15.5. The van der Waals surface area contributed by atoms with Gasteiger partial charge < -0.3 is 15.6 Å². The Hall–Kier alpha value is -1.07. The molecule has 1 aromatic heterocycles. The molecule has 1 aromatic rings. The second-order valence-corrected chi connectivity index (χ2v) is 7.19. The lowest BCUT2D eigenvalue weighted by Gasteiger charge is -2.45. The molecular formula is C18H30ClN3O2. The monoisotopic (exact) mass is 355 g/mol. The zero-order valence-electron chi connectivity index (χ0n) is 14.7. The molecule has 2 bridgehead atoms. The summed E-state index contributed by atoms with van der Waals surface area (Å²) in [5, 5.41) is 7.42. The first-order valence-corrected chi connectivity index (χ1v) is 9.13. The number of amides is 1. The van der Waals surface area contributed by atoms with E-state index in [1.807, 2.05) is 13.8 Å². The number of hydrogen-bond donors (Lipinski definition) is 2. The second-order valence-electron chi connectivity index (χ2n) is 7.19. The number of nitrogens with two attached hydrogens (primary N) is 1. The minimum absolute atomic E-state index is 0. The van der Waals surface area contributed by atoms with Crippen molar-refractivity contribution < 1.29 is 9.32 Å². The van der Waals surface area contributed by atoms with Crippen molar-refractivity contribution in [1.29, 1.82) is 0 Å². The van der Waals surface area contributed by atoms with Crippen LogP contribution in [0.4, 0.5) is 0 Å². The molecule has 0 aromatic carbocycles. The van der Waals surface area contributed by atoms with Gasteiger partial charge in [-0.15, -0.1) is 12.4 Å². The maximum absolute atomic E-state index is 12.6. The number of aryl methyl sites for hydroxylation is 2. The van der Waals surface area contributed by atoms with E-state index in [-0.39, 0.29) is 18.3 Å². The quantitative estimate of drug-likeness (QED) is 0.850. The van der Waals surface area contributed by atoms with Crippen LogP contribution in [0.2, 0.25) is 0 Å². The molecule has 2 atom stereocenters. The molecule has 6 heteroatoms. The van der Waals surface area contributed by atoms with E-state index in [1.165, 1.54) is 19.3 Å². The zero-order chi connectivity index (χ0) is 16.4. The fraction of sp³-hybridized carbons (Fsp3) is 0.778. The van der Waals surface area contributed by atoms with Gasteiger partial charge in [-0.1, -0.05) is 25.4 Å². The minimum Gasteiger partial charge on any atom is -0.361 e. The van der Waals surface area contributed by atoms with Gasteiger partial charge in [0.25, 0.3) is 0 Å². The Morgan fingerprint density at radius 2 is 1.92 bits per heavy atom. The molecule has 1 heterocycles. The van der Waals surface area contributed by atoms with Gasteiger partial charge in [0.15, 0.2) is 0 Å². The molecule has 0 saturated heterocycles. The number of carbonyl (C=O) groups excluding carboxylic acids is 1. The normalized spacial score (nSPS) is 29.0. The number of halogens is 1. The van der Waals surface area contributed by atoms with E-state index in [0.717, 1.165) is 42.7 Å². The molecule has 2 aliphatic rings. The third-order valence-corrected chi connectivity index (χ3v) is 5.65. The van der Waals surface area contributed by atoms with E-state index in [4.69, 9.17) is 10.3 Å². The maximum Gasteiger partial charge on any atom is 0.224 e. The van der Waals surface area contributed by atoms with Crippen LogP contribution in [0.25, 0.3) is 0 Å². The summed E-state index contributed by atoms with van der Waals surface area (Å²) >= 11 is 0. The summed E-state index contributed by atoms with van der Waals surface area (Å²) in [5.74, 6) is 2.07. The SMILES string of the molecule is CCc1noc(CC)c1CC(=O)NC1C2CCCC1CC(N)C2.Cl. The summed E-state index contributed by atoms with van der Waals surface area (Å²) in [6.07, 6.45) is 7.74. The van der Waals surface area contributed by atoms with Crippen LogP contribution in [0.5, 0.6) is 0 Å². The second kappa shape index (κ2) is 8.34. The molecule has 1 amide bonds. The predicted molar refractivity (Wildman–Crippen MR) is 96.2 cm³/mol. The lowest BCUT2D eigenvalue weighted by Crippen LogP contribution is -2.54. The van der Waals surface area contributed by atoms with E-state index in [0.29, 0.717) is 30.3 Å². The highest BCUT2D eigenvalue weighted by molar-refractivity contribution is 5.85. The van der Waals surface area contributed by atoms with Crippen LogP contribution in [0.3, 0.4) is 0 Å². The summed E-state index contributed by atoms with van der Waals surface area (Å²) < 4.78 is 5.37. The molecule has 0 spiro atoms. The lowest BCUT2D eigenvalue weighted by atomic mass is 9.67. The van der Waals surface area contributed by atoms with Gasteiger partial charge in [0, 0.05) is 24.1 Å². The largest absolute Gasteiger partial charge is 0.361 e. The number of aromatic nitrogens is 1. The van der Waals surface area contributed by atoms with Gasteiger partial charge >= 0.3 is 0 Å². The van der Waals surface area contributed by atoms with Gasteiger partial charge in [-0.05, 0) is 43.9 Å². The first kappa shape index (κ1) is 19.3. The Kier molecular flexibility index (Phi) is 6.70. The highest BCUT2D eigenvalue weighted by Gasteiger charge is 2.39. The van der Waals surface area contributed by atoms with Crippen molar-refractivity contribution in [2.45, 2.75) is 77.3 Å². The predicted octanol–water partition coefficient (Wildman–Crippen LogP) is 2.79. The summed E-state index contributed by atoms with van der Waals surface area (Å²) in [4.78, 5) is 12.6. The van der Waals surface area contributed by atoms with Crippen molar-refractivity contribution in [3.8, 4) is 0 Å². The Morgan fingerprint density at radius 1 is 1.25 bits per heavy atom. The molecule has 2 aliphatic carbocycles. The van der Waals surface area contributed by atoms with Crippen molar-refractivity contribution in [3.63, 3.8) is 0 Å². The summed E-state index contributed by atoms with van der Waals surface area (Å²) in [5.41, 5.74) is 8.08. The Labute approximate surface area is 150 Å². The van der Waals surface area contributed by atoms with E-state index < -0.39 is 0 Å². The third kappa shape index (κ3) is 3.94. The third-order valence-electron chi connectivity index (χ3n) is 5.65.